The molecule has 112 valence electrons. The van der Waals surface area contributed by atoms with Gasteiger partial charge in [0.05, 0.1) is 19.4 Å². The topological polar surface area (TPSA) is 59.7 Å². The van der Waals surface area contributed by atoms with Gasteiger partial charge in [-0.2, -0.15) is 5.10 Å². The van der Waals surface area contributed by atoms with Gasteiger partial charge in [0, 0.05) is 18.8 Å². The summed E-state index contributed by atoms with van der Waals surface area (Å²) >= 11 is 0. The predicted molar refractivity (Wildman–Crippen MR) is 69.4 cm³/mol. The minimum absolute atomic E-state index is 0.168. The Labute approximate surface area is 119 Å². The van der Waals surface area contributed by atoms with Crippen LogP contribution in [-0.4, -0.2) is 51.7 Å². The highest BCUT2D eigenvalue weighted by molar-refractivity contribution is 5.99. The standard InChI is InChI=1S/C13H14F2N4O2/c1-8-6-10(11(14)15)19-12(17-8)9(7-16-19)13(20)18-2-4-21-5-3-18/h6-7,11H,2-5H2,1H3. The number of alkyl halides is 2. The van der Waals surface area contributed by atoms with Crippen molar-refractivity contribution in [3.63, 3.8) is 0 Å². The second kappa shape index (κ2) is 5.36. The van der Waals surface area contributed by atoms with Crippen LogP contribution in [0.1, 0.15) is 28.2 Å². The average molecular weight is 296 g/mol. The van der Waals surface area contributed by atoms with E-state index in [2.05, 4.69) is 10.1 Å². The SMILES string of the molecule is Cc1cc(C(F)F)n2ncc(C(=O)N3CCOCC3)c2n1. The van der Waals surface area contributed by atoms with E-state index in [1.807, 2.05) is 0 Å². The van der Waals surface area contributed by atoms with E-state index in [9.17, 15) is 13.6 Å². The van der Waals surface area contributed by atoms with Crippen LogP contribution in [0.3, 0.4) is 0 Å². The van der Waals surface area contributed by atoms with Crippen molar-refractivity contribution in [3.05, 3.63) is 29.2 Å². The van der Waals surface area contributed by atoms with Crippen LogP contribution in [0, 0.1) is 6.92 Å². The first-order valence-electron chi connectivity index (χ1n) is 6.58. The molecular weight excluding hydrogens is 282 g/mol. The Hall–Kier alpha value is -2.09. The van der Waals surface area contributed by atoms with Gasteiger partial charge >= 0.3 is 0 Å². The summed E-state index contributed by atoms with van der Waals surface area (Å²) < 4.78 is 32.3. The highest BCUT2D eigenvalue weighted by atomic mass is 19.3. The van der Waals surface area contributed by atoms with Crippen molar-refractivity contribution in [3.8, 4) is 0 Å². The van der Waals surface area contributed by atoms with Crippen LogP contribution in [0.2, 0.25) is 0 Å². The van der Waals surface area contributed by atoms with Gasteiger partial charge in [0.15, 0.2) is 5.65 Å². The molecule has 6 nitrogen and oxygen atoms in total. The van der Waals surface area contributed by atoms with Gasteiger partial charge in [-0.05, 0) is 13.0 Å². The van der Waals surface area contributed by atoms with Gasteiger partial charge in [-0.15, -0.1) is 0 Å². The van der Waals surface area contributed by atoms with Crippen molar-refractivity contribution >= 4 is 11.6 Å². The molecule has 0 atom stereocenters. The van der Waals surface area contributed by atoms with E-state index in [4.69, 9.17) is 4.74 Å². The summed E-state index contributed by atoms with van der Waals surface area (Å²) in [4.78, 5) is 18.3. The smallest absolute Gasteiger partial charge is 0.280 e. The van der Waals surface area contributed by atoms with E-state index in [-0.39, 0.29) is 22.8 Å². The number of fused-ring (bicyclic) bond motifs is 1. The van der Waals surface area contributed by atoms with Gasteiger partial charge in [-0.1, -0.05) is 0 Å². The van der Waals surface area contributed by atoms with Crippen molar-refractivity contribution in [2.75, 3.05) is 26.3 Å². The lowest BCUT2D eigenvalue weighted by molar-refractivity contribution is 0.0304. The van der Waals surface area contributed by atoms with E-state index < -0.39 is 6.43 Å². The zero-order chi connectivity index (χ0) is 15.0. The lowest BCUT2D eigenvalue weighted by Gasteiger charge is -2.26. The number of halogens is 2. The van der Waals surface area contributed by atoms with Crippen LogP contribution < -0.4 is 0 Å². The summed E-state index contributed by atoms with van der Waals surface area (Å²) in [7, 11) is 0. The molecule has 2 aromatic rings. The van der Waals surface area contributed by atoms with Gasteiger partial charge in [0.25, 0.3) is 12.3 Å². The fraction of sp³-hybridized carbons (Fsp3) is 0.462. The summed E-state index contributed by atoms with van der Waals surface area (Å²) in [6.45, 7) is 3.51. The molecule has 3 rings (SSSR count). The summed E-state index contributed by atoms with van der Waals surface area (Å²) in [5, 5.41) is 3.89. The Bertz CT molecular complexity index is 680. The van der Waals surface area contributed by atoms with Crippen LogP contribution in [0.25, 0.3) is 5.65 Å². The predicted octanol–water partition coefficient (Wildman–Crippen LogP) is 1.45. The van der Waals surface area contributed by atoms with Crippen molar-refractivity contribution < 1.29 is 18.3 Å². The Balaban J connectivity index is 2.05. The second-order valence-electron chi connectivity index (χ2n) is 4.82. The molecule has 21 heavy (non-hydrogen) atoms. The van der Waals surface area contributed by atoms with Gasteiger partial charge in [0.1, 0.15) is 11.3 Å². The third-order valence-electron chi connectivity index (χ3n) is 3.38. The van der Waals surface area contributed by atoms with Crippen LogP contribution in [0.5, 0.6) is 0 Å². The molecule has 0 N–H and O–H groups in total. The van der Waals surface area contributed by atoms with Gasteiger partial charge < -0.3 is 9.64 Å². The maximum Gasteiger partial charge on any atom is 0.280 e. The molecule has 0 aromatic carbocycles. The van der Waals surface area contributed by atoms with E-state index in [0.29, 0.717) is 32.0 Å². The fourth-order valence-corrected chi connectivity index (χ4v) is 2.36. The molecule has 2 aromatic heterocycles. The molecule has 0 radical (unpaired) electrons. The summed E-state index contributed by atoms with van der Waals surface area (Å²) in [5.41, 5.74) is 0.567. The minimum Gasteiger partial charge on any atom is -0.378 e. The molecule has 1 aliphatic rings. The van der Waals surface area contributed by atoms with E-state index in [0.717, 1.165) is 4.52 Å². The van der Waals surface area contributed by atoms with E-state index in [1.54, 1.807) is 11.8 Å². The Morgan fingerprint density at radius 3 is 2.76 bits per heavy atom. The Kier molecular flexibility index (Phi) is 3.54. The van der Waals surface area contributed by atoms with Crippen molar-refractivity contribution in [2.45, 2.75) is 13.3 Å². The fourth-order valence-electron chi connectivity index (χ4n) is 2.36. The van der Waals surface area contributed by atoms with Crippen molar-refractivity contribution in [2.24, 2.45) is 0 Å². The van der Waals surface area contributed by atoms with Gasteiger partial charge in [-0.25, -0.2) is 18.3 Å². The third-order valence-corrected chi connectivity index (χ3v) is 3.38. The Morgan fingerprint density at radius 2 is 2.10 bits per heavy atom. The molecule has 1 aliphatic heterocycles. The number of hydrogen-bond donors (Lipinski definition) is 0. The highest BCUT2D eigenvalue weighted by Gasteiger charge is 2.24. The molecule has 0 bridgehead atoms. The quantitative estimate of drug-likeness (QED) is 0.841. The molecule has 0 spiro atoms. The molecule has 1 fully saturated rings. The maximum atomic E-state index is 13.0. The largest absolute Gasteiger partial charge is 0.378 e. The van der Waals surface area contributed by atoms with E-state index in [1.165, 1.54) is 12.3 Å². The number of amides is 1. The first kappa shape index (κ1) is 13.9. The van der Waals surface area contributed by atoms with Crippen LogP contribution in [0.15, 0.2) is 12.3 Å². The molecule has 1 saturated heterocycles. The second-order valence-corrected chi connectivity index (χ2v) is 4.82. The number of carbonyl (C=O) groups excluding carboxylic acids is 1. The zero-order valence-corrected chi connectivity index (χ0v) is 11.4. The number of hydrogen-bond acceptors (Lipinski definition) is 4. The summed E-state index contributed by atoms with van der Waals surface area (Å²) in [6.07, 6.45) is -1.38. The van der Waals surface area contributed by atoms with Crippen LogP contribution in [0.4, 0.5) is 8.78 Å². The highest BCUT2D eigenvalue weighted by Crippen LogP contribution is 2.22. The number of aryl methyl sites for hydroxylation is 1. The number of nitrogens with zero attached hydrogens (tertiary/aromatic N) is 4. The normalized spacial score (nSPS) is 15.9. The first-order chi connectivity index (χ1) is 10.1. The lowest BCUT2D eigenvalue weighted by Crippen LogP contribution is -2.40. The summed E-state index contributed by atoms with van der Waals surface area (Å²) in [5.74, 6) is -0.258. The molecular formula is C13H14F2N4O2. The Morgan fingerprint density at radius 1 is 1.38 bits per heavy atom. The van der Waals surface area contributed by atoms with Crippen LogP contribution >= 0.6 is 0 Å². The molecule has 0 aliphatic carbocycles. The lowest BCUT2D eigenvalue weighted by atomic mass is 10.2. The van der Waals surface area contributed by atoms with Crippen molar-refractivity contribution in [1.29, 1.82) is 0 Å². The molecule has 0 saturated carbocycles. The third kappa shape index (κ3) is 2.46. The molecule has 8 heteroatoms. The monoisotopic (exact) mass is 296 g/mol. The number of carbonyl (C=O) groups is 1. The van der Waals surface area contributed by atoms with Crippen LogP contribution in [-0.2, 0) is 4.74 Å². The number of ether oxygens (including phenoxy) is 1. The van der Waals surface area contributed by atoms with Gasteiger partial charge in [-0.3, -0.25) is 4.79 Å². The number of rotatable bonds is 2. The minimum atomic E-state index is -2.68. The summed E-state index contributed by atoms with van der Waals surface area (Å²) in [6, 6.07) is 1.27. The maximum absolute atomic E-state index is 13.0. The average Bonchev–Trinajstić information content (AvgIpc) is 2.90. The number of morpholine rings is 1. The van der Waals surface area contributed by atoms with Crippen molar-refractivity contribution in [1.82, 2.24) is 19.5 Å². The molecule has 3 heterocycles. The van der Waals surface area contributed by atoms with E-state index >= 15 is 0 Å². The zero-order valence-electron chi connectivity index (χ0n) is 11.4. The molecule has 0 unspecified atom stereocenters. The van der Waals surface area contributed by atoms with Gasteiger partial charge in [0.2, 0.25) is 0 Å². The molecule has 1 amide bonds. The number of aromatic nitrogens is 3. The first-order valence-corrected chi connectivity index (χ1v) is 6.58.